The maximum atomic E-state index is 13.4. The van der Waals surface area contributed by atoms with Gasteiger partial charge in [-0.2, -0.15) is 0 Å². The summed E-state index contributed by atoms with van der Waals surface area (Å²) in [6.45, 7) is 5.52. The van der Waals surface area contributed by atoms with Gasteiger partial charge in [0, 0.05) is 48.5 Å². The number of aromatic hydroxyl groups is 1. The van der Waals surface area contributed by atoms with Crippen molar-refractivity contribution in [1.82, 2.24) is 9.88 Å². The van der Waals surface area contributed by atoms with Crippen LogP contribution in [0.5, 0.6) is 11.5 Å². The summed E-state index contributed by atoms with van der Waals surface area (Å²) in [6.07, 6.45) is 0.767. The van der Waals surface area contributed by atoms with Crippen LogP contribution in [0.4, 0.5) is 5.69 Å². The SMILES string of the molecule is O=C(c1cc2cc(OCCN3CCOCC3)ccc2[nH]1)N1CCc2c1cc(O)c1ccccc21. The number of aromatic amines is 1. The molecule has 2 N–H and O–H groups in total. The van der Waals surface area contributed by atoms with Crippen LogP contribution in [-0.4, -0.2) is 66.9 Å². The molecule has 0 radical (unpaired) electrons. The molecule has 34 heavy (non-hydrogen) atoms. The standard InChI is InChI=1S/C27H27N3O4/c31-26-17-25-21(20-3-1-2-4-22(20)26)7-8-30(25)27(32)24-16-18-15-19(5-6-23(18)28-24)34-14-11-29-9-12-33-13-10-29/h1-6,15-17,28,31H,7-14H2. The molecule has 0 unspecified atom stereocenters. The van der Waals surface area contributed by atoms with Crippen LogP contribution in [0.1, 0.15) is 16.1 Å². The zero-order valence-corrected chi connectivity index (χ0v) is 18.9. The number of rotatable bonds is 5. The fourth-order valence-corrected chi connectivity index (χ4v) is 5.04. The first-order valence-corrected chi connectivity index (χ1v) is 11.8. The van der Waals surface area contributed by atoms with E-state index in [1.165, 1.54) is 0 Å². The van der Waals surface area contributed by atoms with Crippen molar-refractivity contribution in [2.24, 2.45) is 0 Å². The van der Waals surface area contributed by atoms with E-state index >= 15 is 0 Å². The normalized spacial score (nSPS) is 16.3. The number of amides is 1. The number of aromatic nitrogens is 1. The molecule has 3 heterocycles. The van der Waals surface area contributed by atoms with E-state index in [4.69, 9.17) is 9.47 Å². The van der Waals surface area contributed by atoms with Crippen LogP contribution < -0.4 is 9.64 Å². The summed E-state index contributed by atoms with van der Waals surface area (Å²) in [6, 6.07) is 17.2. The van der Waals surface area contributed by atoms with E-state index < -0.39 is 0 Å². The zero-order chi connectivity index (χ0) is 23.1. The molecule has 0 bridgehead atoms. The second kappa shape index (κ2) is 8.66. The molecule has 1 saturated heterocycles. The molecule has 3 aromatic carbocycles. The number of hydrogen-bond acceptors (Lipinski definition) is 5. The van der Waals surface area contributed by atoms with Crippen molar-refractivity contribution < 1.29 is 19.4 Å². The monoisotopic (exact) mass is 457 g/mol. The average molecular weight is 458 g/mol. The molecule has 4 aromatic rings. The van der Waals surface area contributed by atoms with Gasteiger partial charge in [0.05, 0.1) is 18.9 Å². The highest BCUT2D eigenvalue weighted by molar-refractivity contribution is 6.10. The lowest BCUT2D eigenvalue weighted by atomic mass is 10.0. The quantitative estimate of drug-likeness (QED) is 0.475. The molecular formula is C27H27N3O4. The largest absolute Gasteiger partial charge is 0.507 e. The molecule has 7 nitrogen and oxygen atoms in total. The molecular weight excluding hydrogens is 430 g/mol. The molecule has 1 amide bonds. The highest BCUT2D eigenvalue weighted by Gasteiger charge is 2.29. The zero-order valence-electron chi connectivity index (χ0n) is 18.9. The number of fused-ring (bicyclic) bond motifs is 4. The maximum Gasteiger partial charge on any atom is 0.274 e. The summed E-state index contributed by atoms with van der Waals surface area (Å²) >= 11 is 0. The molecule has 1 aromatic heterocycles. The van der Waals surface area contributed by atoms with Gasteiger partial charge in [-0.1, -0.05) is 24.3 Å². The minimum absolute atomic E-state index is 0.0978. The topological polar surface area (TPSA) is 78.0 Å². The Morgan fingerprint density at radius 3 is 2.71 bits per heavy atom. The second-order valence-corrected chi connectivity index (χ2v) is 8.88. The minimum Gasteiger partial charge on any atom is -0.507 e. The number of carbonyl (C=O) groups is 1. The molecule has 2 aliphatic heterocycles. The molecule has 2 aliphatic rings. The van der Waals surface area contributed by atoms with Crippen molar-refractivity contribution in [2.45, 2.75) is 6.42 Å². The summed E-state index contributed by atoms with van der Waals surface area (Å²) in [5, 5.41) is 13.3. The van der Waals surface area contributed by atoms with E-state index in [0.717, 1.165) is 77.9 Å². The maximum absolute atomic E-state index is 13.4. The summed E-state index contributed by atoms with van der Waals surface area (Å²) in [5.74, 6) is 0.894. The smallest absolute Gasteiger partial charge is 0.274 e. The van der Waals surface area contributed by atoms with Crippen LogP contribution >= 0.6 is 0 Å². The van der Waals surface area contributed by atoms with Crippen molar-refractivity contribution in [3.8, 4) is 11.5 Å². The first kappa shape index (κ1) is 21.0. The number of H-pyrrole nitrogens is 1. The van der Waals surface area contributed by atoms with Crippen LogP contribution in [-0.2, 0) is 11.2 Å². The Bertz CT molecular complexity index is 1370. The van der Waals surface area contributed by atoms with Crippen LogP contribution in [0.15, 0.2) is 54.6 Å². The lowest BCUT2D eigenvalue weighted by molar-refractivity contribution is 0.0322. The lowest BCUT2D eigenvalue weighted by Gasteiger charge is -2.26. The third kappa shape index (κ3) is 3.77. The van der Waals surface area contributed by atoms with Crippen LogP contribution in [0.2, 0.25) is 0 Å². The Labute approximate surface area is 197 Å². The summed E-state index contributed by atoms with van der Waals surface area (Å²) in [5.41, 5.74) is 3.31. The van der Waals surface area contributed by atoms with Gasteiger partial charge >= 0.3 is 0 Å². The van der Waals surface area contributed by atoms with Gasteiger partial charge in [0.25, 0.3) is 5.91 Å². The number of nitrogens with zero attached hydrogens (tertiary/aromatic N) is 2. The number of carbonyl (C=O) groups excluding carboxylic acids is 1. The number of hydrogen-bond donors (Lipinski definition) is 2. The minimum atomic E-state index is -0.0978. The fourth-order valence-electron chi connectivity index (χ4n) is 5.04. The first-order valence-electron chi connectivity index (χ1n) is 11.8. The van der Waals surface area contributed by atoms with Crippen molar-refractivity contribution in [2.75, 3.05) is 50.9 Å². The van der Waals surface area contributed by atoms with Gasteiger partial charge in [-0.3, -0.25) is 9.69 Å². The Balaban J connectivity index is 1.21. The average Bonchev–Trinajstić information content (AvgIpc) is 3.49. The summed E-state index contributed by atoms with van der Waals surface area (Å²) < 4.78 is 11.4. The van der Waals surface area contributed by atoms with Gasteiger partial charge in [0.1, 0.15) is 23.8 Å². The number of phenolic OH excluding ortho intramolecular Hbond substituents is 1. The molecule has 174 valence electrons. The summed E-state index contributed by atoms with van der Waals surface area (Å²) in [4.78, 5) is 20.8. The number of ether oxygens (including phenoxy) is 2. The molecule has 0 saturated carbocycles. The van der Waals surface area contributed by atoms with Crippen molar-refractivity contribution >= 4 is 33.3 Å². The second-order valence-electron chi connectivity index (χ2n) is 8.88. The third-order valence-electron chi connectivity index (χ3n) is 6.83. The van der Waals surface area contributed by atoms with E-state index in [1.807, 2.05) is 48.5 Å². The number of benzene rings is 3. The van der Waals surface area contributed by atoms with Crippen LogP contribution in [0, 0.1) is 0 Å². The number of nitrogens with one attached hydrogen (secondary N) is 1. The van der Waals surface area contributed by atoms with E-state index in [1.54, 1.807) is 11.0 Å². The highest BCUT2D eigenvalue weighted by Crippen LogP contribution is 2.40. The van der Waals surface area contributed by atoms with E-state index in [-0.39, 0.29) is 11.7 Å². The predicted molar refractivity (Wildman–Crippen MR) is 132 cm³/mol. The molecule has 1 fully saturated rings. The van der Waals surface area contributed by atoms with Crippen LogP contribution in [0.3, 0.4) is 0 Å². The molecule has 0 atom stereocenters. The molecule has 6 rings (SSSR count). The van der Waals surface area contributed by atoms with Gasteiger partial charge in [-0.05, 0) is 41.6 Å². The third-order valence-corrected chi connectivity index (χ3v) is 6.83. The van der Waals surface area contributed by atoms with Crippen LogP contribution in [0.25, 0.3) is 21.7 Å². The number of morpholine rings is 1. The predicted octanol–water partition coefficient (Wildman–Crippen LogP) is 3.94. The molecule has 7 heteroatoms. The van der Waals surface area contributed by atoms with Gasteiger partial charge in [-0.15, -0.1) is 0 Å². The van der Waals surface area contributed by atoms with E-state index in [0.29, 0.717) is 18.8 Å². The fraction of sp³-hybridized carbons (Fsp3) is 0.296. The lowest BCUT2D eigenvalue weighted by Crippen LogP contribution is -2.38. The van der Waals surface area contributed by atoms with Gasteiger partial charge < -0.3 is 24.5 Å². The van der Waals surface area contributed by atoms with Crippen molar-refractivity contribution in [3.05, 3.63) is 65.9 Å². The Hall–Kier alpha value is -3.55. The number of anilines is 1. The highest BCUT2D eigenvalue weighted by atomic mass is 16.5. The molecule has 0 spiro atoms. The van der Waals surface area contributed by atoms with Crippen molar-refractivity contribution in [3.63, 3.8) is 0 Å². The Morgan fingerprint density at radius 1 is 1.03 bits per heavy atom. The number of phenols is 1. The Morgan fingerprint density at radius 2 is 1.85 bits per heavy atom. The van der Waals surface area contributed by atoms with Gasteiger partial charge in [0.2, 0.25) is 0 Å². The molecule has 0 aliphatic carbocycles. The Kier molecular flexibility index (Phi) is 5.36. The van der Waals surface area contributed by atoms with E-state index in [9.17, 15) is 9.90 Å². The summed E-state index contributed by atoms with van der Waals surface area (Å²) in [7, 11) is 0. The van der Waals surface area contributed by atoms with Gasteiger partial charge in [-0.25, -0.2) is 0 Å². The van der Waals surface area contributed by atoms with Gasteiger partial charge in [0.15, 0.2) is 0 Å². The van der Waals surface area contributed by atoms with E-state index in [2.05, 4.69) is 9.88 Å². The first-order chi connectivity index (χ1) is 16.7. The van der Waals surface area contributed by atoms with Crippen molar-refractivity contribution in [1.29, 1.82) is 0 Å².